The standard InChI is InChI=1S/C15H22FN3O/c1-10-12(16)7-11(8-13(10)17)14(20)19-6-5-18(4)15(2,3)9-19/h7-8H,5-6,9,17H2,1-4H3. The van der Waals surface area contributed by atoms with Gasteiger partial charge in [0.1, 0.15) is 5.82 Å². The first-order valence-electron chi connectivity index (χ1n) is 6.78. The summed E-state index contributed by atoms with van der Waals surface area (Å²) in [6.45, 7) is 7.87. The highest BCUT2D eigenvalue weighted by Crippen LogP contribution is 2.23. The number of amides is 1. The number of anilines is 1. The fourth-order valence-electron chi connectivity index (χ4n) is 2.42. The Labute approximate surface area is 119 Å². The van der Waals surface area contributed by atoms with Crippen molar-refractivity contribution in [2.45, 2.75) is 26.3 Å². The predicted molar refractivity (Wildman–Crippen MR) is 78.2 cm³/mol. The first kappa shape index (κ1) is 14.8. The number of rotatable bonds is 1. The van der Waals surface area contributed by atoms with Crippen LogP contribution in [0.1, 0.15) is 29.8 Å². The van der Waals surface area contributed by atoms with E-state index in [0.29, 0.717) is 29.9 Å². The molecule has 1 aromatic rings. The first-order chi connectivity index (χ1) is 9.22. The molecule has 5 heteroatoms. The average molecular weight is 279 g/mol. The van der Waals surface area contributed by atoms with Crippen LogP contribution in [-0.4, -0.2) is 47.9 Å². The fourth-order valence-corrected chi connectivity index (χ4v) is 2.42. The van der Waals surface area contributed by atoms with Gasteiger partial charge in [0.2, 0.25) is 0 Å². The topological polar surface area (TPSA) is 49.6 Å². The third kappa shape index (κ3) is 2.63. The molecule has 0 aliphatic carbocycles. The van der Waals surface area contributed by atoms with Crippen molar-refractivity contribution >= 4 is 11.6 Å². The van der Waals surface area contributed by atoms with E-state index in [2.05, 4.69) is 18.7 Å². The number of nitrogen functional groups attached to an aromatic ring is 1. The van der Waals surface area contributed by atoms with Crippen molar-refractivity contribution in [2.24, 2.45) is 0 Å². The molecular formula is C15H22FN3O. The van der Waals surface area contributed by atoms with E-state index in [1.807, 2.05) is 7.05 Å². The van der Waals surface area contributed by atoms with Gasteiger partial charge in [0.15, 0.2) is 0 Å². The van der Waals surface area contributed by atoms with E-state index in [0.717, 1.165) is 6.54 Å². The molecule has 1 aromatic carbocycles. The molecule has 2 rings (SSSR count). The van der Waals surface area contributed by atoms with Crippen molar-refractivity contribution in [1.29, 1.82) is 0 Å². The Bertz CT molecular complexity index is 519. The zero-order valence-electron chi connectivity index (χ0n) is 12.5. The molecule has 0 unspecified atom stereocenters. The molecule has 1 amide bonds. The van der Waals surface area contributed by atoms with Gasteiger partial charge >= 0.3 is 0 Å². The highest BCUT2D eigenvalue weighted by atomic mass is 19.1. The summed E-state index contributed by atoms with van der Waals surface area (Å²) >= 11 is 0. The van der Waals surface area contributed by atoms with Gasteiger partial charge in [-0.15, -0.1) is 0 Å². The Morgan fingerprint density at radius 3 is 2.55 bits per heavy atom. The number of halogens is 1. The maximum absolute atomic E-state index is 13.7. The van der Waals surface area contributed by atoms with E-state index in [9.17, 15) is 9.18 Å². The second-order valence-corrected chi connectivity index (χ2v) is 6.13. The number of nitrogens with zero attached hydrogens (tertiary/aromatic N) is 2. The number of hydrogen-bond acceptors (Lipinski definition) is 3. The predicted octanol–water partition coefficient (Wildman–Crippen LogP) is 1.88. The van der Waals surface area contributed by atoms with Crippen LogP contribution in [0.4, 0.5) is 10.1 Å². The molecule has 20 heavy (non-hydrogen) atoms. The zero-order valence-corrected chi connectivity index (χ0v) is 12.5. The molecule has 1 aliphatic heterocycles. The van der Waals surface area contributed by atoms with Gasteiger partial charge in [-0.3, -0.25) is 9.69 Å². The molecule has 0 atom stereocenters. The lowest BCUT2D eigenvalue weighted by atomic mass is 9.98. The monoisotopic (exact) mass is 279 g/mol. The number of piperazine rings is 1. The van der Waals surface area contributed by atoms with Gasteiger partial charge in [0, 0.05) is 42.0 Å². The van der Waals surface area contributed by atoms with Crippen LogP contribution < -0.4 is 5.73 Å². The molecule has 0 bridgehead atoms. The van der Waals surface area contributed by atoms with Crippen LogP contribution in [0.15, 0.2) is 12.1 Å². The summed E-state index contributed by atoms with van der Waals surface area (Å²) in [5, 5.41) is 0. The Balaban J connectivity index is 2.24. The van der Waals surface area contributed by atoms with Crippen LogP contribution >= 0.6 is 0 Å². The average Bonchev–Trinajstić information content (AvgIpc) is 2.37. The lowest BCUT2D eigenvalue weighted by Gasteiger charge is -2.45. The number of hydrogen-bond donors (Lipinski definition) is 1. The third-order valence-electron chi connectivity index (χ3n) is 4.24. The van der Waals surface area contributed by atoms with Gasteiger partial charge in [0.25, 0.3) is 5.91 Å². The molecule has 0 aromatic heterocycles. The highest BCUT2D eigenvalue weighted by molar-refractivity contribution is 5.95. The van der Waals surface area contributed by atoms with Crippen molar-refractivity contribution in [3.05, 3.63) is 29.1 Å². The summed E-state index contributed by atoms with van der Waals surface area (Å²) < 4.78 is 13.7. The third-order valence-corrected chi connectivity index (χ3v) is 4.24. The summed E-state index contributed by atoms with van der Waals surface area (Å²) in [7, 11) is 2.05. The van der Waals surface area contributed by atoms with E-state index in [1.165, 1.54) is 6.07 Å². The highest BCUT2D eigenvalue weighted by Gasteiger charge is 2.33. The second kappa shape index (κ2) is 5.05. The molecular weight excluding hydrogens is 257 g/mol. The summed E-state index contributed by atoms with van der Waals surface area (Å²) in [6, 6.07) is 2.84. The quantitative estimate of drug-likeness (QED) is 0.799. The van der Waals surface area contributed by atoms with Crippen molar-refractivity contribution in [2.75, 3.05) is 32.4 Å². The minimum absolute atomic E-state index is 0.0807. The molecule has 4 nitrogen and oxygen atoms in total. The van der Waals surface area contributed by atoms with Crippen LogP contribution in [-0.2, 0) is 0 Å². The molecule has 1 aliphatic rings. The number of likely N-dealkylation sites (N-methyl/N-ethyl adjacent to an activating group) is 1. The maximum atomic E-state index is 13.7. The van der Waals surface area contributed by atoms with E-state index in [1.54, 1.807) is 17.9 Å². The van der Waals surface area contributed by atoms with Crippen molar-refractivity contribution in [1.82, 2.24) is 9.80 Å². The van der Waals surface area contributed by atoms with Crippen molar-refractivity contribution in [3.8, 4) is 0 Å². The lowest BCUT2D eigenvalue weighted by molar-refractivity contribution is 0.0311. The number of benzene rings is 1. The van der Waals surface area contributed by atoms with Crippen LogP contribution in [0.25, 0.3) is 0 Å². The summed E-state index contributed by atoms with van der Waals surface area (Å²) in [6.07, 6.45) is 0. The minimum atomic E-state index is -0.429. The van der Waals surface area contributed by atoms with Crippen molar-refractivity contribution < 1.29 is 9.18 Å². The second-order valence-electron chi connectivity index (χ2n) is 6.13. The van der Waals surface area contributed by atoms with E-state index in [4.69, 9.17) is 5.73 Å². The number of carbonyl (C=O) groups is 1. The number of nitrogens with two attached hydrogens (primary N) is 1. The Morgan fingerprint density at radius 2 is 2.00 bits per heavy atom. The number of carbonyl (C=O) groups excluding carboxylic acids is 1. The molecule has 2 N–H and O–H groups in total. The Morgan fingerprint density at radius 1 is 1.35 bits per heavy atom. The van der Waals surface area contributed by atoms with Gasteiger partial charge in [-0.2, -0.15) is 0 Å². The fraction of sp³-hybridized carbons (Fsp3) is 0.533. The molecule has 0 radical (unpaired) electrons. The summed E-state index contributed by atoms with van der Waals surface area (Å²) in [5.74, 6) is -0.585. The Hall–Kier alpha value is -1.62. The molecule has 1 heterocycles. The van der Waals surface area contributed by atoms with Gasteiger partial charge in [-0.05, 0) is 40.0 Å². The molecule has 0 spiro atoms. The van der Waals surface area contributed by atoms with E-state index >= 15 is 0 Å². The smallest absolute Gasteiger partial charge is 0.254 e. The SMILES string of the molecule is Cc1c(N)cc(C(=O)N2CCN(C)C(C)(C)C2)cc1F. The largest absolute Gasteiger partial charge is 0.398 e. The Kier molecular flexibility index (Phi) is 3.73. The van der Waals surface area contributed by atoms with Crippen LogP contribution in [0.3, 0.4) is 0 Å². The van der Waals surface area contributed by atoms with Gasteiger partial charge < -0.3 is 10.6 Å². The summed E-state index contributed by atoms with van der Waals surface area (Å²) in [4.78, 5) is 16.5. The van der Waals surface area contributed by atoms with E-state index in [-0.39, 0.29) is 11.4 Å². The molecule has 1 fully saturated rings. The molecule has 1 saturated heterocycles. The molecule has 0 saturated carbocycles. The lowest BCUT2D eigenvalue weighted by Crippen LogP contribution is -2.58. The van der Waals surface area contributed by atoms with Crippen LogP contribution in [0, 0.1) is 12.7 Å². The van der Waals surface area contributed by atoms with Crippen molar-refractivity contribution in [3.63, 3.8) is 0 Å². The summed E-state index contributed by atoms with van der Waals surface area (Å²) in [5.41, 5.74) is 6.70. The van der Waals surface area contributed by atoms with Gasteiger partial charge in [-0.25, -0.2) is 4.39 Å². The van der Waals surface area contributed by atoms with Gasteiger partial charge in [-0.1, -0.05) is 0 Å². The van der Waals surface area contributed by atoms with Gasteiger partial charge in [0.05, 0.1) is 0 Å². The normalized spacial score (nSPS) is 19.1. The zero-order chi connectivity index (χ0) is 15.1. The van der Waals surface area contributed by atoms with Crippen LogP contribution in [0.2, 0.25) is 0 Å². The first-order valence-corrected chi connectivity index (χ1v) is 6.78. The molecule has 110 valence electrons. The maximum Gasteiger partial charge on any atom is 0.254 e. The minimum Gasteiger partial charge on any atom is -0.398 e. The van der Waals surface area contributed by atoms with E-state index < -0.39 is 5.82 Å². The van der Waals surface area contributed by atoms with Crippen LogP contribution in [0.5, 0.6) is 0 Å².